The number of carbonyl (C=O) groups excluding carboxylic acids is 1. The zero-order chi connectivity index (χ0) is 21.3. The lowest BCUT2D eigenvalue weighted by Crippen LogP contribution is -2.24. The number of hydrogen-bond donors (Lipinski definition) is 2. The molecule has 1 amide bonds. The molecule has 9 heteroatoms. The van der Waals surface area contributed by atoms with E-state index in [9.17, 15) is 13.2 Å². The number of nitrogens with one attached hydrogen (secondary N) is 2. The van der Waals surface area contributed by atoms with Gasteiger partial charge in [0.25, 0.3) is 10.0 Å². The van der Waals surface area contributed by atoms with Gasteiger partial charge in [0.15, 0.2) is 0 Å². The molecule has 2 heterocycles. The quantitative estimate of drug-likeness (QED) is 0.656. The smallest absolute Gasteiger partial charge is 0.263 e. The van der Waals surface area contributed by atoms with Crippen LogP contribution in [0.3, 0.4) is 0 Å². The number of fused-ring (bicyclic) bond motifs is 1. The first-order valence-corrected chi connectivity index (χ1v) is 10.9. The monoisotopic (exact) mass is 423 g/mol. The van der Waals surface area contributed by atoms with E-state index in [2.05, 4.69) is 20.1 Å². The van der Waals surface area contributed by atoms with Gasteiger partial charge in [-0.05, 0) is 49.7 Å². The molecule has 154 valence electrons. The maximum absolute atomic E-state index is 12.4. The Morgan fingerprint density at radius 1 is 1.13 bits per heavy atom. The topological polar surface area (TPSA) is 105 Å². The van der Waals surface area contributed by atoms with Crippen molar-refractivity contribution in [3.63, 3.8) is 0 Å². The molecule has 1 aliphatic rings. The zero-order valence-electron chi connectivity index (χ0n) is 16.6. The standard InChI is InChI=1S/C21H21N5O3S/c1-14-10-15(2)26(24-14)13-16-6-5-7-17(11-16)23-20(27)12-22-21-18-8-3-4-9-19(18)30(28,29)25-21/h3-11H,12-13H2,1-2H3,(H,22,25)(H,23,27). The van der Waals surface area contributed by atoms with E-state index in [4.69, 9.17) is 0 Å². The van der Waals surface area contributed by atoms with Crippen molar-refractivity contribution in [3.05, 3.63) is 77.1 Å². The number of sulfonamides is 1. The van der Waals surface area contributed by atoms with Crippen LogP contribution >= 0.6 is 0 Å². The second-order valence-corrected chi connectivity index (χ2v) is 8.75. The Morgan fingerprint density at radius 2 is 1.93 bits per heavy atom. The molecule has 0 bridgehead atoms. The molecule has 0 radical (unpaired) electrons. The summed E-state index contributed by atoms with van der Waals surface area (Å²) in [5.74, 6) is -0.159. The van der Waals surface area contributed by atoms with E-state index in [1.165, 1.54) is 6.07 Å². The van der Waals surface area contributed by atoms with E-state index < -0.39 is 10.0 Å². The van der Waals surface area contributed by atoms with Gasteiger partial charge in [-0.2, -0.15) is 5.10 Å². The van der Waals surface area contributed by atoms with Gasteiger partial charge in [-0.25, -0.2) is 8.42 Å². The highest BCUT2D eigenvalue weighted by Gasteiger charge is 2.30. The molecule has 0 unspecified atom stereocenters. The first-order valence-electron chi connectivity index (χ1n) is 9.38. The fraction of sp³-hybridized carbons (Fsp3) is 0.190. The number of benzene rings is 2. The summed E-state index contributed by atoms with van der Waals surface area (Å²) in [7, 11) is -3.62. The molecular weight excluding hydrogens is 402 g/mol. The largest absolute Gasteiger partial charge is 0.324 e. The lowest BCUT2D eigenvalue weighted by Gasteiger charge is -2.08. The molecule has 8 nitrogen and oxygen atoms in total. The van der Waals surface area contributed by atoms with Crippen molar-refractivity contribution >= 4 is 27.5 Å². The lowest BCUT2D eigenvalue weighted by molar-refractivity contribution is -0.114. The van der Waals surface area contributed by atoms with E-state index in [0.29, 0.717) is 17.8 Å². The van der Waals surface area contributed by atoms with Gasteiger partial charge >= 0.3 is 0 Å². The number of amidine groups is 1. The summed E-state index contributed by atoms with van der Waals surface area (Å²) in [5.41, 5.74) is 4.14. The third-order valence-corrected chi connectivity index (χ3v) is 6.09. The van der Waals surface area contributed by atoms with E-state index >= 15 is 0 Å². The van der Waals surface area contributed by atoms with Crippen molar-refractivity contribution in [3.8, 4) is 0 Å². The van der Waals surface area contributed by atoms with E-state index in [-0.39, 0.29) is 23.2 Å². The number of anilines is 1. The molecular formula is C21H21N5O3S. The van der Waals surface area contributed by atoms with Gasteiger partial charge < -0.3 is 5.32 Å². The summed E-state index contributed by atoms with van der Waals surface area (Å²) >= 11 is 0. The molecule has 3 aromatic rings. The number of rotatable bonds is 5. The summed E-state index contributed by atoms with van der Waals surface area (Å²) < 4.78 is 28.5. The fourth-order valence-corrected chi connectivity index (χ4v) is 4.61. The first-order chi connectivity index (χ1) is 14.3. The SMILES string of the molecule is Cc1cc(C)n(Cc2cccc(NC(=O)CN=C3NS(=O)(=O)c4ccccc43)c2)n1. The van der Waals surface area contributed by atoms with E-state index in [1.807, 2.05) is 42.8 Å². The lowest BCUT2D eigenvalue weighted by atomic mass is 10.2. The predicted molar refractivity (Wildman–Crippen MR) is 114 cm³/mol. The Labute approximate surface area is 174 Å². The highest BCUT2D eigenvalue weighted by atomic mass is 32.2. The molecule has 2 N–H and O–H groups in total. The van der Waals surface area contributed by atoms with E-state index in [1.54, 1.807) is 24.3 Å². The zero-order valence-corrected chi connectivity index (χ0v) is 17.4. The van der Waals surface area contributed by atoms with Crippen LogP contribution in [0.2, 0.25) is 0 Å². The Hall–Kier alpha value is -3.46. The molecule has 0 aliphatic carbocycles. The van der Waals surface area contributed by atoms with Gasteiger partial charge in [0.2, 0.25) is 5.91 Å². The Bertz CT molecular complexity index is 1260. The van der Waals surface area contributed by atoms with Crippen molar-refractivity contribution in [1.29, 1.82) is 0 Å². The number of aromatic nitrogens is 2. The van der Waals surface area contributed by atoms with Crippen molar-refractivity contribution in [2.75, 3.05) is 11.9 Å². The highest BCUT2D eigenvalue weighted by molar-refractivity contribution is 7.90. The second-order valence-electron chi connectivity index (χ2n) is 7.10. The molecule has 0 atom stereocenters. The van der Waals surface area contributed by atoms with Crippen LogP contribution in [0.25, 0.3) is 0 Å². The number of carbonyl (C=O) groups is 1. The van der Waals surface area contributed by atoms with Crippen molar-refractivity contribution in [1.82, 2.24) is 14.5 Å². The molecule has 1 aliphatic heterocycles. The van der Waals surface area contributed by atoms with Crippen molar-refractivity contribution < 1.29 is 13.2 Å². The number of aliphatic imine (C=N–C) groups is 1. The average molecular weight is 423 g/mol. The number of nitrogens with zero attached hydrogens (tertiary/aromatic N) is 3. The van der Waals surface area contributed by atoms with Crippen LogP contribution in [-0.2, 0) is 21.4 Å². The van der Waals surface area contributed by atoms with Crippen LogP contribution < -0.4 is 10.0 Å². The van der Waals surface area contributed by atoms with Gasteiger partial charge in [-0.3, -0.25) is 19.2 Å². The molecule has 4 rings (SSSR count). The Kier molecular flexibility index (Phi) is 5.13. The number of amides is 1. The van der Waals surface area contributed by atoms with Crippen molar-refractivity contribution in [2.45, 2.75) is 25.3 Å². The van der Waals surface area contributed by atoms with Gasteiger partial charge in [0.1, 0.15) is 12.4 Å². The molecule has 1 aromatic heterocycles. The molecule has 0 fully saturated rings. The molecule has 2 aromatic carbocycles. The summed E-state index contributed by atoms with van der Waals surface area (Å²) in [6.45, 7) is 4.35. The summed E-state index contributed by atoms with van der Waals surface area (Å²) in [6.07, 6.45) is 0. The number of hydrogen-bond acceptors (Lipinski definition) is 5. The fourth-order valence-electron chi connectivity index (χ4n) is 3.36. The van der Waals surface area contributed by atoms with Crippen LogP contribution in [0.1, 0.15) is 22.5 Å². The Balaban J connectivity index is 1.44. The van der Waals surface area contributed by atoms with Crippen LogP contribution in [0, 0.1) is 13.8 Å². The minimum Gasteiger partial charge on any atom is -0.324 e. The number of aryl methyl sites for hydroxylation is 2. The van der Waals surface area contributed by atoms with Crippen LogP contribution in [0.5, 0.6) is 0 Å². The average Bonchev–Trinajstić information content (AvgIpc) is 3.15. The van der Waals surface area contributed by atoms with Gasteiger partial charge in [0.05, 0.1) is 17.1 Å². The minimum absolute atomic E-state index is 0.168. The first kappa shape index (κ1) is 19.8. The minimum atomic E-state index is -3.62. The van der Waals surface area contributed by atoms with E-state index in [0.717, 1.165) is 17.0 Å². The normalized spacial score (nSPS) is 15.6. The molecule has 0 spiro atoms. The maximum Gasteiger partial charge on any atom is 0.263 e. The highest BCUT2D eigenvalue weighted by Crippen LogP contribution is 2.22. The summed E-state index contributed by atoms with van der Waals surface area (Å²) in [4.78, 5) is 16.7. The van der Waals surface area contributed by atoms with Gasteiger partial charge in [-0.1, -0.05) is 24.3 Å². The van der Waals surface area contributed by atoms with Gasteiger partial charge in [-0.15, -0.1) is 0 Å². The second kappa shape index (κ2) is 7.75. The predicted octanol–water partition coefficient (Wildman–Crippen LogP) is 2.23. The third-order valence-electron chi connectivity index (χ3n) is 4.69. The van der Waals surface area contributed by atoms with Crippen LogP contribution in [-0.4, -0.2) is 36.5 Å². The van der Waals surface area contributed by atoms with Gasteiger partial charge in [0, 0.05) is 16.9 Å². The molecule has 0 saturated carbocycles. The maximum atomic E-state index is 12.4. The molecule has 0 saturated heterocycles. The Morgan fingerprint density at radius 3 is 2.70 bits per heavy atom. The van der Waals surface area contributed by atoms with Crippen LogP contribution in [0.15, 0.2) is 64.5 Å². The summed E-state index contributed by atoms with van der Waals surface area (Å²) in [6, 6.07) is 16.1. The van der Waals surface area contributed by atoms with Crippen molar-refractivity contribution in [2.24, 2.45) is 4.99 Å². The molecule has 30 heavy (non-hydrogen) atoms. The summed E-state index contributed by atoms with van der Waals surface area (Å²) in [5, 5.41) is 7.26. The van der Waals surface area contributed by atoms with Crippen LogP contribution in [0.4, 0.5) is 5.69 Å². The third kappa shape index (κ3) is 4.11.